The second-order valence-electron chi connectivity index (χ2n) is 3.54. The third-order valence-corrected chi connectivity index (χ3v) is 3.67. The van der Waals surface area contributed by atoms with Crippen molar-refractivity contribution in [3.63, 3.8) is 0 Å². The van der Waals surface area contributed by atoms with Crippen LogP contribution >= 0.6 is 11.8 Å². The molecule has 0 bridgehead atoms. The van der Waals surface area contributed by atoms with Gasteiger partial charge >= 0.3 is 0 Å². The van der Waals surface area contributed by atoms with Crippen LogP contribution in [0.1, 0.15) is 17.6 Å². The van der Waals surface area contributed by atoms with Crippen LogP contribution in [0.3, 0.4) is 0 Å². The maximum atomic E-state index is 10.6. The van der Waals surface area contributed by atoms with Crippen LogP contribution in [0.2, 0.25) is 0 Å². The summed E-state index contributed by atoms with van der Waals surface area (Å²) < 4.78 is 5.53. The van der Waals surface area contributed by atoms with Crippen molar-refractivity contribution in [1.29, 1.82) is 0 Å². The number of aromatic nitrogens is 2. The lowest BCUT2D eigenvalue weighted by atomic mass is 10.3. The summed E-state index contributed by atoms with van der Waals surface area (Å²) in [6.45, 7) is 0. The van der Waals surface area contributed by atoms with Gasteiger partial charge < -0.3 is 4.42 Å². The van der Waals surface area contributed by atoms with Crippen LogP contribution in [0.15, 0.2) is 34.0 Å². The Bertz CT molecular complexity index is 589. The van der Waals surface area contributed by atoms with Crippen LogP contribution in [0.25, 0.3) is 11.1 Å². The molecule has 2 aromatic heterocycles. The standard InChI is InChI=1S/C10H7N3O3S/c14-13(15)9-2-1-8(17-9)10-12-6-3-4-11-5-7(6)16-10/h2-5,8H,1H2. The third kappa shape index (κ3) is 1.78. The number of thioether (sulfide) groups is 1. The first kappa shape index (κ1) is 10.3. The zero-order chi connectivity index (χ0) is 11.8. The van der Waals surface area contributed by atoms with E-state index >= 15 is 0 Å². The number of rotatable bonds is 2. The van der Waals surface area contributed by atoms with Crippen LogP contribution in [-0.2, 0) is 0 Å². The van der Waals surface area contributed by atoms with Crippen molar-refractivity contribution in [2.24, 2.45) is 0 Å². The minimum absolute atomic E-state index is 0.109. The molecule has 0 radical (unpaired) electrons. The average molecular weight is 249 g/mol. The van der Waals surface area contributed by atoms with Gasteiger partial charge in [-0.1, -0.05) is 0 Å². The van der Waals surface area contributed by atoms with E-state index in [4.69, 9.17) is 4.42 Å². The predicted molar refractivity (Wildman–Crippen MR) is 61.8 cm³/mol. The number of oxazole rings is 1. The number of fused-ring (bicyclic) bond motifs is 1. The number of hydrogen-bond acceptors (Lipinski definition) is 6. The fourth-order valence-corrected chi connectivity index (χ4v) is 2.62. The maximum absolute atomic E-state index is 10.6. The quantitative estimate of drug-likeness (QED) is 0.600. The molecule has 0 aromatic carbocycles. The normalized spacial score (nSPS) is 19.5. The van der Waals surface area contributed by atoms with Crippen LogP contribution in [0, 0.1) is 10.1 Å². The van der Waals surface area contributed by atoms with Gasteiger partial charge in [0.15, 0.2) is 5.58 Å². The molecule has 1 aliphatic rings. The molecule has 86 valence electrons. The van der Waals surface area contributed by atoms with E-state index in [9.17, 15) is 10.1 Å². The van der Waals surface area contributed by atoms with Gasteiger partial charge in [0.05, 0.1) is 16.4 Å². The van der Waals surface area contributed by atoms with Crippen LogP contribution in [0.4, 0.5) is 0 Å². The molecule has 0 saturated heterocycles. The van der Waals surface area contributed by atoms with Gasteiger partial charge in [-0.25, -0.2) is 4.98 Å². The highest BCUT2D eigenvalue weighted by molar-refractivity contribution is 8.03. The van der Waals surface area contributed by atoms with Crippen molar-refractivity contribution >= 4 is 22.9 Å². The molecule has 1 unspecified atom stereocenters. The summed E-state index contributed by atoms with van der Waals surface area (Å²) in [7, 11) is 0. The van der Waals surface area contributed by atoms with Crippen LogP contribution in [0.5, 0.6) is 0 Å². The Hall–Kier alpha value is -1.89. The lowest BCUT2D eigenvalue weighted by Crippen LogP contribution is -1.92. The van der Waals surface area contributed by atoms with E-state index in [0.717, 1.165) is 5.52 Å². The number of hydrogen-bond donors (Lipinski definition) is 0. The summed E-state index contributed by atoms with van der Waals surface area (Å²) in [5.74, 6) is 0.520. The molecular weight excluding hydrogens is 242 g/mol. The molecule has 1 atom stereocenters. The topological polar surface area (TPSA) is 82.1 Å². The zero-order valence-electron chi connectivity index (χ0n) is 8.57. The van der Waals surface area contributed by atoms with E-state index in [0.29, 0.717) is 17.9 Å². The van der Waals surface area contributed by atoms with Crippen molar-refractivity contribution in [3.8, 4) is 0 Å². The molecule has 3 rings (SSSR count). The van der Waals surface area contributed by atoms with E-state index in [1.165, 1.54) is 11.8 Å². The maximum Gasteiger partial charge on any atom is 0.300 e. The molecule has 0 N–H and O–H groups in total. The number of allylic oxidation sites excluding steroid dienone is 1. The zero-order valence-corrected chi connectivity index (χ0v) is 9.38. The van der Waals surface area contributed by atoms with Gasteiger partial charge in [0.1, 0.15) is 5.52 Å². The van der Waals surface area contributed by atoms with Gasteiger partial charge in [-0.3, -0.25) is 15.1 Å². The lowest BCUT2D eigenvalue weighted by molar-refractivity contribution is -0.410. The second-order valence-corrected chi connectivity index (χ2v) is 4.76. The molecule has 0 fully saturated rings. The van der Waals surface area contributed by atoms with Gasteiger partial charge in [-0.05, 0) is 24.2 Å². The largest absolute Gasteiger partial charge is 0.438 e. The number of pyridine rings is 1. The highest BCUT2D eigenvalue weighted by Gasteiger charge is 2.30. The fraction of sp³-hybridized carbons (Fsp3) is 0.200. The Morgan fingerprint density at radius 1 is 1.59 bits per heavy atom. The Morgan fingerprint density at radius 3 is 3.18 bits per heavy atom. The van der Waals surface area contributed by atoms with Gasteiger partial charge in [0.25, 0.3) is 5.03 Å². The summed E-state index contributed by atoms with van der Waals surface area (Å²) in [5, 5.41) is 10.7. The fourth-order valence-electron chi connectivity index (χ4n) is 1.65. The first-order valence-corrected chi connectivity index (χ1v) is 5.83. The summed E-state index contributed by atoms with van der Waals surface area (Å²) in [5.41, 5.74) is 1.34. The Morgan fingerprint density at radius 2 is 2.47 bits per heavy atom. The molecule has 0 amide bonds. The summed E-state index contributed by atoms with van der Waals surface area (Å²) in [6.07, 6.45) is 5.40. The van der Waals surface area contributed by atoms with Gasteiger partial charge in [0.2, 0.25) is 5.89 Å². The molecule has 1 aliphatic heterocycles. The van der Waals surface area contributed by atoms with E-state index in [2.05, 4.69) is 9.97 Å². The van der Waals surface area contributed by atoms with Gasteiger partial charge in [-0.2, -0.15) is 0 Å². The predicted octanol–water partition coefficient (Wildman–Crippen LogP) is 2.52. The molecule has 0 spiro atoms. The summed E-state index contributed by atoms with van der Waals surface area (Å²) in [6, 6.07) is 1.75. The van der Waals surface area contributed by atoms with Gasteiger partial charge in [-0.15, -0.1) is 0 Å². The smallest absolute Gasteiger partial charge is 0.300 e. The molecule has 0 aliphatic carbocycles. The molecule has 3 heterocycles. The molecule has 2 aromatic rings. The Labute approximate surface area is 99.9 Å². The van der Waals surface area contributed by atoms with E-state index in [1.54, 1.807) is 24.5 Å². The van der Waals surface area contributed by atoms with Crippen molar-refractivity contribution in [2.45, 2.75) is 11.7 Å². The van der Waals surface area contributed by atoms with Gasteiger partial charge in [0, 0.05) is 12.3 Å². The highest BCUT2D eigenvalue weighted by atomic mass is 32.2. The molecule has 0 saturated carbocycles. The first-order valence-electron chi connectivity index (χ1n) is 4.95. The average Bonchev–Trinajstić information content (AvgIpc) is 2.95. The monoisotopic (exact) mass is 249 g/mol. The van der Waals surface area contributed by atoms with Crippen molar-refractivity contribution < 1.29 is 9.34 Å². The number of nitro groups is 1. The molecule has 7 heteroatoms. The highest BCUT2D eigenvalue weighted by Crippen LogP contribution is 2.43. The minimum Gasteiger partial charge on any atom is -0.438 e. The Kier molecular flexibility index (Phi) is 2.32. The molecular formula is C10H7N3O3S. The van der Waals surface area contributed by atoms with Crippen LogP contribution in [-0.4, -0.2) is 14.9 Å². The Balaban J connectivity index is 1.89. The second kappa shape index (κ2) is 3.85. The SMILES string of the molecule is O=[N+]([O-])C1=CCC(c2nc3ccncc3o2)S1. The lowest BCUT2D eigenvalue weighted by Gasteiger charge is -2.00. The van der Waals surface area contributed by atoms with E-state index < -0.39 is 0 Å². The molecule has 17 heavy (non-hydrogen) atoms. The third-order valence-electron chi connectivity index (χ3n) is 2.43. The summed E-state index contributed by atoms with van der Waals surface area (Å²) >= 11 is 1.17. The van der Waals surface area contributed by atoms with Crippen molar-refractivity contribution in [2.75, 3.05) is 0 Å². The molecule has 6 nitrogen and oxygen atoms in total. The van der Waals surface area contributed by atoms with E-state index in [-0.39, 0.29) is 15.2 Å². The van der Waals surface area contributed by atoms with Crippen molar-refractivity contribution in [3.05, 3.63) is 45.6 Å². The van der Waals surface area contributed by atoms with Crippen LogP contribution < -0.4 is 0 Å². The van der Waals surface area contributed by atoms with Crippen molar-refractivity contribution in [1.82, 2.24) is 9.97 Å². The van der Waals surface area contributed by atoms with E-state index in [1.807, 2.05) is 0 Å². The minimum atomic E-state index is -0.380. The summed E-state index contributed by atoms with van der Waals surface area (Å²) in [4.78, 5) is 18.5. The number of nitrogens with zero attached hydrogens (tertiary/aromatic N) is 3. The first-order chi connectivity index (χ1) is 8.24.